The van der Waals surface area contributed by atoms with Gasteiger partial charge in [-0.1, -0.05) is 152 Å². The highest BCUT2D eigenvalue weighted by atomic mass is 15.0. The largest absolute Gasteiger partial charge is 0.287 e. The van der Waals surface area contributed by atoms with Crippen LogP contribution in [-0.4, -0.2) is 10.8 Å². The van der Waals surface area contributed by atoms with Crippen LogP contribution in [0.4, 0.5) is 0 Å². The van der Waals surface area contributed by atoms with Crippen LogP contribution < -0.4 is 5.32 Å². The number of aliphatic imine (C=N–C) groups is 1. The summed E-state index contributed by atoms with van der Waals surface area (Å²) in [6.45, 7) is 0. The first-order valence-electron chi connectivity index (χ1n) is 17.9. The van der Waals surface area contributed by atoms with Gasteiger partial charge in [0.1, 0.15) is 6.04 Å². The van der Waals surface area contributed by atoms with Gasteiger partial charge in [-0.25, -0.2) is 4.98 Å². The van der Waals surface area contributed by atoms with Crippen molar-refractivity contribution in [3.63, 3.8) is 0 Å². The molecule has 10 rings (SSSR count). The van der Waals surface area contributed by atoms with E-state index in [0.29, 0.717) is 0 Å². The highest BCUT2D eigenvalue weighted by Crippen LogP contribution is 2.39. The third-order valence-corrected chi connectivity index (χ3v) is 10.4. The standard InChI is InChI=1S/C49H33N3/c1-3-14-34(15-4-1)41-20-11-21-42-47(41)43-30-39(26-27-44(43)50-48(42)35-16-5-2-6-17-35)46-31-45(38-24-22-32-12-7-9-18-36(32)28-38)51-49(52-46)40-25-23-33-13-8-10-19-37(33)29-40/h1-31,46H,(H,51,52)/p+1. The smallest absolute Gasteiger partial charge is 0.232 e. The predicted molar refractivity (Wildman–Crippen MR) is 217 cm³/mol. The molecule has 244 valence electrons. The maximum Gasteiger partial charge on any atom is 0.232 e. The lowest BCUT2D eigenvalue weighted by molar-refractivity contribution is -0.575. The number of benzene rings is 8. The molecule has 1 aromatic heterocycles. The minimum atomic E-state index is -0.00224. The molecule has 0 fully saturated rings. The topological polar surface area (TPSA) is 41.9 Å². The molecule has 1 aliphatic rings. The number of rotatable bonds is 5. The van der Waals surface area contributed by atoms with Gasteiger partial charge in [0.05, 0.1) is 22.5 Å². The van der Waals surface area contributed by atoms with E-state index in [1.165, 1.54) is 43.6 Å². The maximum atomic E-state index is 5.33. The molecule has 2 N–H and O–H groups in total. The first-order valence-corrected chi connectivity index (χ1v) is 17.9. The Bertz CT molecular complexity index is 2870. The Morgan fingerprint density at radius 3 is 1.81 bits per heavy atom. The Kier molecular flexibility index (Phi) is 7.30. The summed E-state index contributed by atoms with van der Waals surface area (Å²) in [7, 11) is 0. The van der Waals surface area contributed by atoms with Crippen LogP contribution in [0.2, 0.25) is 0 Å². The molecule has 2 heterocycles. The van der Waals surface area contributed by atoms with Gasteiger partial charge in [0.25, 0.3) is 0 Å². The number of aromatic nitrogens is 1. The predicted octanol–water partition coefficient (Wildman–Crippen LogP) is 11.1. The molecule has 0 aliphatic carbocycles. The first-order chi connectivity index (χ1) is 25.7. The fourth-order valence-corrected chi connectivity index (χ4v) is 7.76. The Balaban J connectivity index is 1.18. The van der Waals surface area contributed by atoms with E-state index in [1.54, 1.807) is 0 Å². The highest BCUT2D eigenvalue weighted by molar-refractivity contribution is 6.17. The van der Waals surface area contributed by atoms with Gasteiger partial charge in [-0.05, 0) is 63.0 Å². The van der Waals surface area contributed by atoms with Gasteiger partial charge in [-0.15, -0.1) is 0 Å². The molecule has 0 saturated carbocycles. The molecule has 0 radical (unpaired) electrons. The quantitative estimate of drug-likeness (QED) is 0.183. The van der Waals surface area contributed by atoms with Crippen molar-refractivity contribution in [2.24, 2.45) is 4.99 Å². The lowest BCUT2D eigenvalue weighted by Crippen LogP contribution is -2.89. The molecule has 9 aromatic rings. The molecule has 0 amide bonds. The van der Waals surface area contributed by atoms with Crippen molar-refractivity contribution < 1.29 is 5.32 Å². The second kappa shape index (κ2) is 12.6. The van der Waals surface area contributed by atoms with Gasteiger partial charge in [0.15, 0.2) is 0 Å². The van der Waals surface area contributed by atoms with Crippen LogP contribution in [0, 0.1) is 0 Å². The number of hydrogen-bond acceptors (Lipinski definition) is 2. The minimum Gasteiger partial charge on any atom is -0.287 e. The summed E-state index contributed by atoms with van der Waals surface area (Å²) < 4.78 is 0. The van der Waals surface area contributed by atoms with Crippen molar-refractivity contribution >= 4 is 54.8 Å². The molecule has 8 aromatic carbocycles. The second-order valence-electron chi connectivity index (χ2n) is 13.6. The summed E-state index contributed by atoms with van der Waals surface area (Å²) in [6, 6.07) is 65.1. The molecule has 1 atom stereocenters. The van der Waals surface area contributed by atoms with E-state index in [2.05, 4.69) is 193 Å². The number of pyridine rings is 1. The number of nitrogens with zero attached hydrogens (tertiary/aromatic N) is 2. The van der Waals surface area contributed by atoms with Gasteiger partial charge in [0.2, 0.25) is 5.84 Å². The molecule has 3 nitrogen and oxygen atoms in total. The molecule has 52 heavy (non-hydrogen) atoms. The van der Waals surface area contributed by atoms with E-state index >= 15 is 0 Å². The van der Waals surface area contributed by atoms with Crippen molar-refractivity contribution in [3.8, 4) is 22.4 Å². The molecule has 1 aliphatic heterocycles. The molecule has 0 saturated heterocycles. The van der Waals surface area contributed by atoms with Crippen LogP contribution in [0.5, 0.6) is 0 Å². The lowest BCUT2D eigenvalue weighted by Gasteiger charge is -2.21. The average Bonchev–Trinajstić information content (AvgIpc) is 3.23. The Labute approximate surface area is 302 Å². The van der Waals surface area contributed by atoms with Crippen molar-refractivity contribution in [1.82, 2.24) is 4.98 Å². The number of amidine groups is 1. The molecule has 0 spiro atoms. The van der Waals surface area contributed by atoms with E-state index in [9.17, 15) is 0 Å². The maximum absolute atomic E-state index is 5.33. The Morgan fingerprint density at radius 1 is 0.442 bits per heavy atom. The van der Waals surface area contributed by atoms with Crippen molar-refractivity contribution in [2.45, 2.75) is 6.04 Å². The Hall–Kier alpha value is -6.68. The third kappa shape index (κ3) is 5.36. The van der Waals surface area contributed by atoms with Crippen LogP contribution in [0.1, 0.15) is 22.7 Å². The molecule has 0 bridgehead atoms. The monoisotopic (exact) mass is 664 g/mol. The molecular formula is C49H34N3+. The van der Waals surface area contributed by atoms with E-state index in [4.69, 9.17) is 9.98 Å². The third-order valence-electron chi connectivity index (χ3n) is 10.4. The van der Waals surface area contributed by atoms with Crippen LogP contribution in [0.15, 0.2) is 193 Å². The number of hydrogen-bond donors (Lipinski definition) is 1. The van der Waals surface area contributed by atoms with Gasteiger partial charge in [-0.2, -0.15) is 4.99 Å². The van der Waals surface area contributed by atoms with E-state index < -0.39 is 0 Å². The van der Waals surface area contributed by atoms with Gasteiger partial charge in [-0.3, -0.25) is 5.32 Å². The zero-order valence-electron chi connectivity index (χ0n) is 28.4. The SMILES string of the molecule is C1=C(c2ccc3ccccc3c2)N=C(c2ccc3ccccc3c2)[NH2+]C1c1ccc2nc(-c3ccccc3)c3cccc(-c4ccccc4)c3c2c1. The first kappa shape index (κ1) is 30.2. The number of quaternary nitrogens is 1. The normalized spacial score (nSPS) is 14.5. The van der Waals surface area contributed by atoms with Gasteiger partial charge >= 0.3 is 0 Å². The molecule has 3 heteroatoms. The second-order valence-corrected chi connectivity index (χ2v) is 13.6. The zero-order chi connectivity index (χ0) is 34.4. The van der Waals surface area contributed by atoms with Crippen molar-refractivity contribution in [1.29, 1.82) is 0 Å². The fraction of sp³-hybridized carbons (Fsp3) is 0.0204. The summed E-state index contributed by atoms with van der Waals surface area (Å²) in [6.07, 6.45) is 2.32. The summed E-state index contributed by atoms with van der Waals surface area (Å²) in [5.41, 5.74) is 9.91. The van der Waals surface area contributed by atoms with E-state index in [1.807, 2.05) is 0 Å². The van der Waals surface area contributed by atoms with Crippen LogP contribution in [-0.2, 0) is 0 Å². The van der Waals surface area contributed by atoms with E-state index in [0.717, 1.165) is 50.2 Å². The summed E-state index contributed by atoms with van der Waals surface area (Å²) in [5.74, 6) is 0.980. The highest BCUT2D eigenvalue weighted by Gasteiger charge is 2.26. The number of fused-ring (bicyclic) bond motifs is 5. The number of nitrogens with two attached hydrogens (primary N) is 1. The average molecular weight is 665 g/mol. The zero-order valence-corrected chi connectivity index (χ0v) is 28.4. The van der Waals surface area contributed by atoms with Gasteiger partial charge in [0, 0.05) is 38.9 Å². The van der Waals surface area contributed by atoms with Crippen LogP contribution in [0.3, 0.4) is 0 Å². The Morgan fingerprint density at radius 2 is 1.08 bits per heavy atom. The molecule has 1 unspecified atom stereocenters. The molecular weight excluding hydrogens is 631 g/mol. The summed E-state index contributed by atoms with van der Waals surface area (Å²) in [4.78, 5) is 10.7. The van der Waals surface area contributed by atoms with Crippen LogP contribution in [0.25, 0.3) is 71.3 Å². The minimum absolute atomic E-state index is 0.00224. The fourth-order valence-electron chi connectivity index (χ4n) is 7.76. The lowest BCUT2D eigenvalue weighted by atomic mass is 9.91. The summed E-state index contributed by atoms with van der Waals surface area (Å²) >= 11 is 0. The summed E-state index contributed by atoms with van der Waals surface area (Å²) in [5, 5.41) is 10.7. The van der Waals surface area contributed by atoms with Crippen LogP contribution >= 0.6 is 0 Å². The van der Waals surface area contributed by atoms with E-state index in [-0.39, 0.29) is 6.04 Å². The van der Waals surface area contributed by atoms with Crippen molar-refractivity contribution in [2.75, 3.05) is 0 Å². The van der Waals surface area contributed by atoms with Crippen molar-refractivity contribution in [3.05, 3.63) is 205 Å². The van der Waals surface area contributed by atoms with Gasteiger partial charge < -0.3 is 0 Å².